The van der Waals surface area contributed by atoms with Crippen molar-refractivity contribution in [2.75, 3.05) is 11.9 Å². The molecule has 0 radical (unpaired) electrons. The van der Waals surface area contributed by atoms with Gasteiger partial charge in [-0.3, -0.25) is 0 Å². The first-order valence-corrected chi connectivity index (χ1v) is 8.11. The van der Waals surface area contributed by atoms with Crippen molar-refractivity contribution in [2.24, 2.45) is 5.92 Å². The maximum atomic E-state index is 5.92. The molecular formula is C16H23N5O. The molecule has 0 saturated carbocycles. The van der Waals surface area contributed by atoms with Crippen LogP contribution in [0, 0.1) is 5.92 Å². The van der Waals surface area contributed by atoms with Crippen LogP contribution >= 0.6 is 0 Å². The summed E-state index contributed by atoms with van der Waals surface area (Å²) in [6, 6.07) is 0. The van der Waals surface area contributed by atoms with Crippen LogP contribution in [0.4, 0.5) is 5.82 Å². The molecule has 0 spiro atoms. The molecule has 6 heteroatoms. The van der Waals surface area contributed by atoms with Crippen LogP contribution in [0.1, 0.15) is 40.0 Å². The number of ether oxygens (including phenoxy) is 1. The Kier molecular flexibility index (Phi) is 3.11. The van der Waals surface area contributed by atoms with Crippen molar-refractivity contribution < 1.29 is 4.74 Å². The first-order valence-electron chi connectivity index (χ1n) is 8.11. The number of hydrogen-bond donors (Lipinski definition) is 1. The minimum atomic E-state index is -0.0915. The molecule has 2 aliphatic heterocycles. The third kappa shape index (κ3) is 2.26. The summed E-state index contributed by atoms with van der Waals surface area (Å²) in [7, 11) is 0. The van der Waals surface area contributed by atoms with Gasteiger partial charge in [-0.1, -0.05) is 0 Å². The van der Waals surface area contributed by atoms with Gasteiger partial charge in [-0.2, -0.15) is 5.10 Å². The lowest BCUT2D eigenvalue weighted by atomic mass is 9.89. The second-order valence-corrected chi connectivity index (χ2v) is 7.44. The molecule has 2 aromatic heterocycles. The molecule has 2 bridgehead atoms. The monoisotopic (exact) mass is 301 g/mol. The Morgan fingerprint density at radius 3 is 2.86 bits per heavy atom. The molecule has 0 aromatic carbocycles. The largest absolute Gasteiger partial charge is 0.375 e. The van der Waals surface area contributed by atoms with E-state index >= 15 is 0 Å². The Balaban J connectivity index is 1.56. The lowest BCUT2D eigenvalue weighted by molar-refractivity contribution is 0.0941. The first-order chi connectivity index (χ1) is 10.5. The topological polar surface area (TPSA) is 64.9 Å². The number of anilines is 1. The number of aromatic nitrogens is 4. The van der Waals surface area contributed by atoms with Gasteiger partial charge in [0.15, 0.2) is 5.65 Å². The molecular weight excluding hydrogens is 278 g/mol. The second-order valence-electron chi connectivity index (χ2n) is 7.44. The standard InChI is InChI=1S/C16H23N5O/c1-16(2,3)21-15-12(8-20-21)14(18-9-19-15)17-7-10-6-11-4-5-13(10)22-11/h8-11,13H,4-7H2,1-3H3,(H,17,18,19)/t10-,11-,13+/m0/s1. The maximum Gasteiger partial charge on any atom is 0.163 e. The molecule has 1 N–H and O–H groups in total. The van der Waals surface area contributed by atoms with Crippen molar-refractivity contribution in [3.63, 3.8) is 0 Å². The van der Waals surface area contributed by atoms with Gasteiger partial charge >= 0.3 is 0 Å². The van der Waals surface area contributed by atoms with Crippen LogP contribution in [0.3, 0.4) is 0 Å². The number of nitrogens with zero attached hydrogens (tertiary/aromatic N) is 4. The highest BCUT2D eigenvalue weighted by molar-refractivity contribution is 5.86. The maximum absolute atomic E-state index is 5.92. The average molecular weight is 301 g/mol. The molecule has 0 unspecified atom stereocenters. The summed E-state index contributed by atoms with van der Waals surface area (Å²) in [5.41, 5.74) is 0.792. The van der Waals surface area contributed by atoms with Crippen molar-refractivity contribution in [1.82, 2.24) is 19.7 Å². The Morgan fingerprint density at radius 1 is 1.32 bits per heavy atom. The van der Waals surface area contributed by atoms with Gasteiger partial charge in [-0.25, -0.2) is 14.6 Å². The summed E-state index contributed by atoms with van der Waals surface area (Å²) in [6.45, 7) is 7.29. The molecule has 2 aromatic rings. The molecule has 118 valence electrons. The van der Waals surface area contributed by atoms with Crippen molar-refractivity contribution in [1.29, 1.82) is 0 Å². The third-order valence-electron chi connectivity index (χ3n) is 4.76. The molecule has 22 heavy (non-hydrogen) atoms. The van der Waals surface area contributed by atoms with E-state index in [9.17, 15) is 0 Å². The predicted molar refractivity (Wildman–Crippen MR) is 84.8 cm³/mol. The highest BCUT2D eigenvalue weighted by Crippen LogP contribution is 2.38. The van der Waals surface area contributed by atoms with Gasteiger partial charge in [-0.05, 0) is 40.0 Å². The summed E-state index contributed by atoms with van der Waals surface area (Å²) < 4.78 is 7.87. The lowest BCUT2D eigenvalue weighted by Crippen LogP contribution is -2.25. The Labute approximate surface area is 130 Å². The zero-order valence-corrected chi connectivity index (χ0v) is 13.4. The normalized spacial score (nSPS) is 27.7. The summed E-state index contributed by atoms with van der Waals surface area (Å²) in [5.74, 6) is 1.48. The fourth-order valence-electron chi connectivity index (χ4n) is 3.66. The van der Waals surface area contributed by atoms with Crippen molar-refractivity contribution in [3.8, 4) is 0 Å². The molecule has 4 rings (SSSR count). The molecule has 4 heterocycles. The minimum absolute atomic E-state index is 0.0915. The summed E-state index contributed by atoms with van der Waals surface area (Å²) in [5, 5.41) is 8.98. The molecule has 2 fully saturated rings. The highest BCUT2D eigenvalue weighted by atomic mass is 16.5. The molecule has 2 saturated heterocycles. The number of nitrogens with one attached hydrogen (secondary N) is 1. The number of rotatable bonds is 3. The smallest absolute Gasteiger partial charge is 0.163 e. The van der Waals surface area contributed by atoms with E-state index in [1.165, 1.54) is 19.3 Å². The fraction of sp³-hybridized carbons (Fsp3) is 0.688. The van der Waals surface area contributed by atoms with E-state index in [1.54, 1.807) is 6.33 Å². The van der Waals surface area contributed by atoms with E-state index < -0.39 is 0 Å². The van der Waals surface area contributed by atoms with Crippen LogP contribution in [0.2, 0.25) is 0 Å². The minimum Gasteiger partial charge on any atom is -0.375 e. The van der Waals surface area contributed by atoms with Gasteiger partial charge in [0.25, 0.3) is 0 Å². The molecule has 0 amide bonds. The highest BCUT2D eigenvalue weighted by Gasteiger charge is 2.40. The van der Waals surface area contributed by atoms with Crippen molar-refractivity contribution >= 4 is 16.9 Å². The van der Waals surface area contributed by atoms with E-state index in [2.05, 4.69) is 41.2 Å². The summed E-state index contributed by atoms with van der Waals surface area (Å²) >= 11 is 0. The van der Waals surface area contributed by atoms with Gasteiger partial charge in [0.1, 0.15) is 12.1 Å². The van der Waals surface area contributed by atoms with Crippen LogP contribution in [0.5, 0.6) is 0 Å². The third-order valence-corrected chi connectivity index (χ3v) is 4.76. The molecule has 6 nitrogen and oxygen atoms in total. The van der Waals surface area contributed by atoms with Crippen molar-refractivity contribution in [3.05, 3.63) is 12.5 Å². The second kappa shape index (κ2) is 4.91. The van der Waals surface area contributed by atoms with Gasteiger partial charge < -0.3 is 10.1 Å². The molecule has 2 aliphatic rings. The van der Waals surface area contributed by atoms with Crippen LogP contribution in [0.25, 0.3) is 11.0 Å². The molecule has 3 atom stereocenters. The lowest BCUT2D eigenvalue weighted by Gasteiger charge is -2.20. The SMILES string of the molecule is CC(C)(C)n1ncc2c(NC[C@@H]3C[C@@H]4CC[C@H]3O4)ncnc21. The average Bonchev–Trinajstić information content (AvgIpc) is 3.18. The number of hydrogen-bond acceptors (Lipinski definition) is 5. The van der Waals surface area contributed by atoms with Gasteiger partial charge in [0.2, 0.25) is 0 Å². The zero-order valence-electron chi connectivity index (χ0n) is 13.4. The quantitative estimate of drug-likeness (QED) is 0.944. The first kappa shape index (κ1) is 13.9. The molecule has 0 aliphatic carbocycles. The van der Waals surface area contributed by atoms with E-state index in [1.807, 2.05) is 10.9 Å². The Morgan fingerprint density at radius 2 is 2.18 bits per heavy atom. The van der Waals surface area contributed by atoms with Crippen LogP contribution < -0.4 is 5.32 Å². The predicted octanol–water partition coefficient (Wildman–Crippen LogP) is 2.56. The fourth-order valence-corrected chi connectivity index (χ4v) is 3.66. The van der Waals surface area contributed by atoms with E-state index in [0.29, 0.717) is 18.1 Å². The van der Waals surface area contributed by atoms with Gasteiger partial charge in [0.05, 0.1) is 29.3 Å². The van der Waals surface area contributed by atoms with E-state index in [-0.39, 0.29) is 5.54 Å². The van der Waals surface area contributed by atoms with E-state index in [4.69, 9.17) is 4.74 Å². The van der Waals surface area contributed by atoms with Gasteiger partial charge in [-0.15, -0.1) is 0 Å². The summed E-state index contributed by atoms with van der Waals surface area (Å²) in [4.78, 5) is 8.82. The van der Waals surface area contributed by atoms with Gasteiger partial charge in [0, 0.05) is 12.5 Å². The van der Waals surface area contributed by atoms with Crippen molar-refractivity contribution in [2.45, 2.75) is 57.8 Å². The summed E-state index contributed by atoms with van der Waals surface area (Å²) in [6.07, 6.45) is 8.02. The Hall–Kier alpha value is -1.69. The van der Waals surface area contributed by atoms with Crippen LogP contribution in [-0.2, 0) is 10.3 Å². The van der Waals surface area contributed by atoms with Crippen LogP contribution in [0.15, 0.2) is 12.5 Å². The van der Waals surface area contributed by atoms with Crippen LogP contribution in [-0.4, -0.2) is 38.5 Å². The number of fused-ring (bicyclic) bond motifs is 3. The Bertz CT molecular complexity index is 689. The van der Waals surface area contributed by atoms with E-state index in [0.717, 1.165) is 23.4 Å². The zero-order chi connectivity index (χ0) is 15.3.